The van der Waals surface area contributed by atoms with Crippen molar-refractivity contribution in [3.8, 4) is 17.1 Å². The van der Waals surface area contributed by atoms with E-state index < -0.39 is 0 Å². The van der Waals surface area contributed by atoms with Gasteiger partial charge in [0.1, 0.15) is 5.75 Å². The largest absolute Gasteiger partial charge is 0.496 e. The summed E-state index contributed by atoms with van der Waals surface area (Å²) in [5.74, 6) is 1.32. The van der Waals surface area contributed by atoms with E-state index in [1.54, 1.807) is 13.2 Å². The standard InChI is InChI=1S/C12H10N2O2S/c1-8-5-12(16-14-8)10-4-3-9(13-7-17)6-11(10)15-2/h3-6H,1-2H3. The lowest BCUT2D eigenvalue weighted by Gasteiger charge is -2.05. The Labute approximate surface area is 104 Å². The first-order valence-corrected chi connectivity index (χ1v) is 5.35. The number of ether oxygens (including phenoxy) is 1. The van der Waals surface area contributed by atoms with E-state index in [4.69, 9.17) is 9.26 Å². The molecule has 2 aromatic rings. The topological polar surface area (TPSA) is 47.6 Å². The minimum atomic E-state index is 0.660. The molecule has 0 radical (unpaired) electrons. The van der Waals surface area contributed by atoms with E-state index in [1.165, 1.54) is 0 Å². The van der Waals surface area contributed by atoms with Crippen LogP contribution in [0.2, 0.25) is 0 Å². The van der Waals surface area contributed by atoms with Crippen LogP contribution < -0.4 is 4.74 Å². The molecule has 0 bridgehead atoms. The molecule has 0 unspecified atom stereocenters. The first-order valence-electron chi connectivity index (χ1n) is 4.94. The van der Waals surface area contributed by atoms with Crippen LogP contribution in [-0.4, -0.2) is 17.4 Å². The summed E-state index contributed by atoms with van der Waals surface area (Å²) in [7, 11) is 1.59. The van der Waals surface area contributed by atoms with Gasteiger partial charge in [0.25, 0.3) is 0 Å². The van der Waals surface area contributed by atoms with Gasteiger partial charge >= 0.3 is 0 Å². The van der Waals surface area contributed by atoms with E-state index >= 15 is 0 Å². The summed E-state index contributed by atoms with van der Waals surface area (Å²) in [6.45, 7) is 1.87. The van der Waals surface area contributed by atoms with Gasteiger partial charge in [0, 0.05) is 12.1 Å². The molecular formula is C12H10N2O2S. The van der Waals surface area contributed by atoms with Crippen molar-refractivity contribution in [1.29, 1.82) is 0 Å². The summed E-state index contributed by atoms with van der Waals surface area (Å²) in [6.07, 6.45) is 0. The number of benzene rings is 1. The Balaban J connectivity index is 2.51. The number of thiocarbonyl (C=S) groups is 1. The second-order valence-corrected chi connectivity index (χ2v) is 3.60. The highest BCUT2D eigenvalue weighted by Gasteiger charge is 2.11. The number of aryl methyl sites for hydroxylation is 1. The van der Waals surface area contributed by atoms with Crippen LogP contribution in [0.1, 0.15) is 5.69 Å². The van der Waals surface area contributed by atoms with E-state index in [0.29, 0.717) is 17.2 Å². The van der Waals surface area contributed by atoms with Gasteiger partial charge in [-0.1, -0.05) is 5.16 Å². The Bertz CT molecular complexity index is 586. The fourth-order valence-corrected chi connectivity index (χ4v) is 1.60. The molecule has 0 aliphatic heterocycles. The minimum Gasteiger partial charge on any atom is -0.496 e. The summed E-state index contributed by atoms with van der Waals surface area (Å²) in [5.41, 5.74) is 2.34. The van der Waals surface area contributed by atoms with Gasteiger partial charge < -0.3 is 9.26 Å². The predicted octanol–water partition coefficient (Wildman–Crippen LogP) is 3.39. The maximum atomic E-state index is 5.29. The van der Waals surface area contributed by atoms with Gasteiger partial charge in [-0.2, -0.15) is 4.99 Å². The van der Waals surface area contributed by atoms with Crippen molar-refractivity contribution in [3.63, 3.8) is 0 Å². The molecule has 0 amide bonds. The summed E-state index contributed by atoms with van der Waals surface area (Å²) >= 11 is 4.56. The highest BCUT2D eigenvalue weighted by molar-refractivity contribution is 7.78. The number of nitrogens with zero attached hydrogens (tertiary/aromatic N) is 2. The smallest absolute Gasteiger partial charge is 0.170 e. The molecule has 0 spiro atoms. The zero-order valence-electron chi connectivity index (χ0n) is 9.43. The molecule has 0 saturated carbocycles. The van der Waals surface area contributed by atoms with E-state index in [2.05, 4.69) is 27.5 Å². The number of rotatable bonds is 3. The quantitative estimate of drug-likeness (QED) is 0.615. The molecule has 0 aliphatic carbocycles. The van der Waals surface area contributed by atoms with Crippen LogP contribution in [0.15, 0.2) is 33.8 Å². The second-order valence-electron chi connectivity index (χ2n) is 3.42. The number of hydrogen-bond donors (Lipinski definition) is 0. The fourth-order valence-electron chi connectivity index (χ4n) is 1.50. The Morgan fingerprint density at radius 3 is 2.82 bits per heavy atom. The molecule has 17 heavy (non-hydrogen) atoms. The van der Waals surface area contributed by atoms with Gasteiger partial charge in [-0.25, -0.2) is 0 Å². The molecule has 1 aromatic heterocycles. The Kier molecular flexibility index (Phi) is 3.32. The molecule has 4 nitrogen and oxygen atoms in total. The van der Waals surface area contributed by atoms with Crippen LogP contribution in [-0.2, 0) is 0 Å². The van der Waals surface area contributed by atoms with Crippen LogP contribution in [0.4, 0.5) is 5.69 Å². The summed E-state index contributed by atoms with van der Waals surface area (Å²) in [6, 6.07) is 7.28. The zero-order valence-corrected chi connectivity index (χ0v) is 10.2. The van der Waals surface area contributed by atoms with Crippen LogP contribution in [0, 0.1) is 6.92 Å². The van der Waals surface area contributed by atoms with Crippen molar-refractivity contribution in [2.45, 2.75) is 6.92 Å². The monoisotopic (exact) mass is 246 g/mol. The molecule has 0 aliphatic rings. The number of methoxy groups -OCH3 is 1. The molecule has 0 fully saturated rings. The molecule has 1 aromatic carbocycles. The molecule has 5 heteroatoms. The average molecular weight is 246 g/mol. The molecule has 2 rings (SSSR count). The highest BCUT2D eigenvalue weighted by atomic mass is 32.1. The number of hydrogen-bond acceptors (Lipinski definition) is 5. The summed E-state index contributed by atoms with van der Waals surface area (Å²) in [5, 5.41) is 6.16. The van der Waals surface area contributed by atoms with Crippen molar-refractivity contribution in [2.75, 3.05) is 7.11 Å². The lowest BCUT2D eigenvalue weighted by Crippen LogP contribution is -1.86. The van der Waals surface area contributed by atoms with Gasteiger partial charge in [0.2, 0.25) is 0 Å². The fraction of sp³-hybridized carbons (Fsp3) is 0.167. The predicted molar refractivity (Wildman–Crippen MR) is 67.9 cm³/mol. The first kappa shape index (κ1) is 11.5. The van der Waals surface area contributed by atoms with Gasteiger partial charge in [-0.15, -0.1) is 0 Å². The van der Waals surface area contributed by atoms with Gasteiger partial charge in [-0.05, 0) is 31.3 Å². The van der Waals surface area contributed by atoms with E-state index in [0.717, 1.165) is 11.3 Å². The zero-order chi connectivity index (χ0) is 12.3. The normalized spacial score (nSPS) is 9.76. The second kappa shape index (κ2) is 4.91. The molecular weight excluding hydrogens is 236 g/mol. The van der Waals surface area contributed by atoms with Crippen LogP contribution in [0.3, 0.4) is 0 Å². The Hall–Kier alpha value is -1.97. The number of isothiocyanates is 1. The molecule has 0 saturated heterocycles. The highest BCUT2D eigenvalue weighted by Crippen LogP contribution is 2.33. The van der Waals surface area contributed by atoms with E-state index in [9.17, 15) is 0 Å². The summed E-state index contributed by atoms with van der Waals surface area (Å²) in [4.78, 5) is 3.89. The van der Waals surface area contributed by atoms with Gasteiger partial charge in [-0.3, -0.25) is 0 Å². The molecule has 1 heterocycles. The summed E-state index contributed by atoms with van der Waals surface area (Å²) < 4.78 is 10.5. The van der Waals surface area contributed by atoms with Crippen molar-refractivity contribution in [3.05, 3.63) is 30.0 Å². The van der Waals surface area contributed by atoms with Gasteiger partial charge in [0.05, 0.1) is 29.2 Å². The molecule has 0 atom stereocenters. The SMILES string of the molecule is COc1cc(N=C=S)ccc1-c1cc(C)no1. The van der Waals surface area contributed by atoms with E-state index in [-0.39, 0.29) is 0 Å². The first-order chi connectivity index (χ1) is 8.24. The van der Waals surface area contributed by atoms with Crippen LogP contribution in [0.25, 0.3) is 11.3 Å². The molecule has 86 valence electrons. The third-order valence-corrected chi connectivity index (χ3v) is 2.34. The maximum absolute atomic E-state index is 5.29. The van der Waals surface area contributed by atoms with Crippen molar-refractivity contribution in [2.24, 2.45) is 4.99 Å². The van der Waals surface area contributed by atoms with Crippen LogP contribution in [0.5, 0.6) is 5.75 Å². The third-order valence-electron chi connectivity index (χ3n) is 2.25. The van der Waals surface area contributed by atoms with Gasteiger partial charge in [0.15, 0.2) is 5.76 Å². The lowest BCUT2D eigenvalue weighted by atomic mass is 10.1. The number of aromatic nitrogens is 1. The van der Waals surface area contributed by atoms with Crippen molar-refractivity contribution in [1.82, 2.24) is 5.16 Å². The van der Waals surface area contributed by atoms with Crippen LogP contribution >= 0.6 is 12.2 Å². The Morgan fingerprint density at radius 1 is 1.41 bits per heavy atom. The lowest BCUT2D eigenvalue weighted by molar-refractivity contribution is 0.405. The maximum Gasteiger partial charge on any atom is 0.170 e. The minimum absolute atomic E-state index is 0.660. The number of aliphatic imine (C=N–C) groups is 1. The Morgan fingerprint density at radius 2 is 2.24 bits per heavy atom. The van der Waals surface area contributed by atoms with E-state index in [1.807, 2.05) is 25.1 Å². The third kappa shape index (κ3) is 2.41. The van der Waals surface area contributed by atoms with Crippen molar-refractivity contribution < 1.29 is 9.26 Å². The molecule has 0 N–H and O–H groups in total. The average Bonchev–Trinajstić information content (AvgIpc) is 2.76. The van der Waals surface area contributed by atoms with Crippen molar-refractivity contribution >= 4 is 23.1 Å².